The molecule has 3 aromatic rings. The molecule has 1 amide bonds. The Labute approximate surface area is 248 Å². The quantitative estimate of drug-likeness (QED) is 0.238. The topological polar surface area (TPSA) is 85.3 Å². The van der Waals surface area contributed by atoms with Gasteiger partial charge in [0.15, 0.2) is 0 Å². The number of carbonyl (C=O) groups is 2. The number of carbonyl (C=O) groups excluding carboxylic acids is 2. The van der Waals surface area contributed by atoms with Gasteiger partial charge in [-0.2, -0.15) is 0 Å². The fourth-order valence-corrected chi connectivity index (χ4v) is 4.29. The fourth-order valence-electron chi connectivity index (χ4n) is 4.10. The van der Waals surface area contributed by atoms with Crippen LogP contribution < -0.4 is 4.74 Å². The number of hydrogen-bond donors (Lipinski definition) is 1. The maximum Gasteiger partial charge on any atom is 0.410 e. The molecule has 7 nitrogen and oxygen atoms in total. The zero-order valence-corrected chi connectivity index (χ0v) is 25.4. The van der Waals surface area contributed by atoms with Gasteiger partial charge in [-0.1, -0.05) is 67.9 Å². The Morgan fingerprint density at radius 2 is 1.66 bits per heavy atom. The zero-order chi connectivity index (χ0) is 30.2. The van der Waals surface area contributed by atoms with Crippen LogP contribution in [0.15, 0.2) is 66.7 Å². The van der Waals surface area contributed by atoms with Crippen LogP contribution >= 0.6 is 11.6 Å². The normalized spacial score (nSPS) is 12.1. The van der Waals surface area contributed by atoms with Gasteiger partial charge in [-0.25, -0.2) is 9.59 Å². The number of nitrogens with zero attached hydrogens (tertiary/aromatic N) is 1. The second kappa shape index (κ2) is 14.4. The Hall–Kier alpha value is -3.55. The van der Waals surface area contributed by atoms with Crippen molar-refractivity contribution >= 4 is 23.7 Å². The molecule has 0 bridgehead atoms. The molecule has 0 aromatic heterocycles. The summed E-state index contributed by atoms with van der Waals surface area (Å²) in [6.45, 7) is 10.4. The smallest absolute Gasteiger partial charge is 0.410 e. The number of ether oxygens (including phenoxy) is 3. The third kappa shape index (κ3) is 9.80. The van der Waals surface area contributed by atoms with Crippen LogP contribution in [0.1, 0.15) is 62.2 Å². The first-order valence-electron chi connectivity index (χ1n) is 13.7. The molecule has 0 heterocycles. The lowest BCUT2D eigenvalue weighted by molar-refractivity contribution is 0.0147. The van der Waals surface area contributed by atoms with E-state index in [0.29, 0.717) is 47.4 Å². The number of halogens is 1. The van der Waals surface area contributed by atoms with E-state index in [4.69, 9.17) is 25.8 Å². The van der Waals surface area contributed by atoms with Crippen molar-refractivity contribution in [1.29, 1.82) is 0 Å². The van der Waals surface area contributed by atoms with Crippen LogP contribution in [0.5, 0.6) is 5.75 Å². The van der Waals surface area contributed by atoms with Crippen LogP contribution in [0.25, 0.3) is 11.1 Å². The fraction of sp³-hybridized carbons (Fsp3) is 0.394. The first-order valence-corrected chi connectivity index (χ1v) is 14.1. The third-order valence-electron chi connectivity index (χ3n) is 6.20. The molecule has 41 heavy (non-hydrogen) atoms. The highest BCUT2D eigenvalue weighted by atomic mass is 35.5. The van der Waals surface area contributed by atoms with Gasteiger partial charge in [-0.3, -0.25) is 0 Å². The Morgan fingerprint density at radius 3 is 2.27 bits per heavy atom. The predicted octanol–water partition coefficient (Wildman–Crippen LogP) is 7.34. The van der Waals surface area contributed by atoms with E-state index in [1.165, 1.54) is 12.0 Å². The number of rotatable bonds is 11. The van der Waals surface area contributed by atoms with Gasteiger partial charge in [-0.15, -0.1) is 0 Å². The van der Waals surface area contributed by atoms with Gasteiger partial charge in [0.05, 0.1) is 26.4 Å². The van der Waals surface area contributed by atoms with Crippen molar-refractivity contribution in [2.24, 2.45) is 5.92 Å². The van der Waals surface area contributed by atoms with Crippen LogP contribution in [0.4, 0.5) is 4.79 Å². The molecule has 1 N–H and O–H groups in total. The lowest BCUT2D eigenvalue weighted by atomic mass is 10.0. The number of aliphatic hydroxyl groups excluding tert-OH is 1. The van der Waals surface area contributed by atoms with E-state index in [1.807, 2.05) is 71.0 Å². The molecule has 0 fully saturated rings. The second-order valence-corrected chi connectivity index (χ2v) is 11.8. The van der Waals surface area contributed by atoms with Crippen molar-refractivity contribution in [1.82, 2.24) is 4.90 Å². The Kier molecular flexibility index (Phi) is 11.2. The average molecular weight is 582 g/mol. The van der Waals surface area contributed by atoms with Crippen LogP contribution in [0.3, 0.4) is 0 Å². The van der Waals surface area contributed by atoms with E-state index in [-0.39, 0.29) is 6.54 Å². The number of amides is 1. The van der Waals surface area contributed by atoms with Crippen molar-refractivity contribution < 1.29 is 28.9 Å². The van der Waals surface area contributed by atoms with Gasteiger partial charge < -0.3 is 24.2 Å². The molecule has 1 atom stereocenters. The molecule has 0 aliphatic carbocycles. The lowest BCUT2D eigenvalue weighted by Gasteiger charge is -2.29. The van der Waals surface area contributed by atoms with E-state index in [2.05, 4.69) is 0 Å². The van der Waals surface area contributed by atoms with Gasteiger partial charge in [0, 0.05) is 11.6 Å². The largest absolute Gasteiger partial charge is 0.492 e. The number of benzene rings is 3. The highest BCUT2D eigenvalue weighted by Gasteiger charge is 2.25. The lowest BCUT2D eigenvalue weighted by Crippen LogP contribution is -2.40. The van der Waals surface area contributed by atoms with Crippen molar-refractivity contribution in [3.8, 4) is 16.9 Å². The molecule has 0 saturated carbocycles. The van der Waals surface area contributed by atoms with E-state index >= 15 is 0 Å². The van der Waals surface area contributed by atoms with E-state index in [9.17, 15) is 14.7 Å². The highest BCUT2D eigenvalue weighted by molar-refractivity contribution is 6.30. The molecule has 0 aliphatic heterocycles. The summed E-state index contributed by atoms with van der Waals surface area (Å²) in [7, 11) is 1.35. The SMILES string of the molecule is COC(=O)c1ccc(-c2ccc(CCN(C[C@H](O)c3cccc(Cl)c3)C(=O)OC(C)(C)C)cc2)cc1OCC(C)C. The first-order chi connectivity index (χ1) is 19.4. The standard InChI is InChI=1S/C33H40ClNO6/c1-22(2)21-40-30-19-25(14-15-28(30)31(37)39-6)24-12-10-23(11-13-24)16-17-35(32(38)41-33(3,4)5)20-29(36)26-8-7-9-27(34)18-26/h7-15,18-19,22,29,36H,16-17,20-21H2,1-6H3/t29-/m0/s1. The van der Waals surface area contributed by atoms with Crippen molar-refractivity contribution in [2.75, 3.05) is 26.8 Å². The van der Waals surface area contributed by atoms with Crippen molar-refractivity contribution in [2.45, 2.75) is 52.7 Å². The molecule has 3 rings (SSSR count). The molecule has 3 aromatic carbocycles. The number of aliphatic hydroxyl groups is 1. The van der Waals surface area contributed by atoms with Gasteiger partial charge >= 0.3 is 12.1 Å². The molecule has 0 radical (unpaired) electrons. The zero-order valence-electron chi connectivity index (χ0n) is 24.6. The second-order valence-electron chi connectivity index (χ2n) is 11.4. The Bertz CT molecular complexity index is 1320. The van der Waals surface area contributed by atoms with Gasteiger partial charge in [-0.05, 0) is 79.6 Å². The Balaban J connectivity index is 1.75. The molecule has 0 saturated heterocycles. The summed E-state index contributed by atoms with van der Waals surface area (Å²) in [5.41, 5.74) is 3.23. The first kappa shape index (κ1) is 32.0. The van der Waals surface area contributed by atoms with Gasteiger partial charge in [0.2, 0.25) is 0 Å². The van der Waals surface area contributed by atoms with E-state index < -0.39 is 23.8 Å². The summed E-state index contributed by atoms with van der Waals surface area (Å²) < 4.78 is 16.4. The maximum atomic E-state index is 13.0. The van der Waals surface area contributed by atoms with Crippen LogP contribution in [0.2, 0.25) is 5.02 Å². The molecule has 0 spiro atoms. The van der Waals surface area contributed by atoms with Crippen LogP contribution in [-0.4, -0.2) is 54.5 Å². The summed E-state index contributed by atoms with van der Waals surface area (Å²) in [6.07, 6.45) is -0.843. The molecule has 0 unspecified atom stereocenters. The van der Waals surface area contributed by atoms with Crippen molar-refractivity contribution in [3.05, 3.63) is 88.4 Å². The minimum absolute atomic E-state index is 0.0685. The van der Waals surface area contributed by atoms with Gasteiger partial charge in [0.25, 0.3) is 0 Å². The van der Waals surface area contributed by atoms with Crippen molar-refractivity contribution in [3.63, 3.8) is 0 Å². The van der Waals surface area contributed by atoms with E-state index in [0.717, 1.165) is 16.7 Å². The monoisotopic (exact) mass is 581 g/mol. The molecule has 220 valence electrons. The minimum atomic E-state index is -0.913. The Morgan fingerprint density at radius 1 is 0.976 bits per heavy atom. The maximum absolute atomic E-state index is 13.0. The van der Waals surface area contributed by atoms with Gasteiger partial charge in [0.1, 0.15) is 16.9 Å². The molecule has 8 heteroatoms. The average Bonchev–Trinajstić information content (AvgIpc) is 2.92. The van der Waals surface area contributed by atoms with Crippen LogP contribution in [-0.2, 0) is 15.9 Å². The van der Waals surface area contributed by atoms with E-state index in [1.54, 1.807) is 30.3 Å². The summed E-state index contributed by atoms with van der Waals surface area (Å²) in [5, 5.41) is 11.4. The molecular formula is C33H40ClNO6. The highest BCUT2D eigenvalue weighted by Crippen LogP contribution is 2.29. The minimum Gasteiger partial charge on any atom is -0.492 e. The number of esters is 1. The summed E-state index contributed by atoms with van der Waals surface area (Å²) in [6, 6.07) is 20.4. The molecule has 0 aliphatic rings. The third-order valence-corrected chi connectivity index (χ3v) is 6.43. The summed E-state index contributed by atoms with van der Waals surface area (Å²) in [5.74, 6) is 0.342. The van der Waals surface area contributed by atoms with Crippen LogP contribution in [0, 0.1) is 5.92 Å². The summed E-state index contributed by atoms with van der Waals surface area (Å²) in [4.78, 5) is 26.7. The predicted molar refractivity (Wildman–Crippen MR) is 161 cm³/mol. The molecular weight excluding hydrogens is 542 g/mol. The summed E-state index contributed by atoms with van der Waals surface area (Å²) >= 11 is 6.09. The number of methoxy groups -OCH3 is 1. The number of hydrogen-bond acceptors (Lipinski definition) is 6.